The van der Waals surface area contributed by atoms with Gasteiger partial charge >= 0.3 is 0 Å². The second-order valence-corrected chi connectivity index (χ2v) is 3.29. The van der Waals surface area contributed by atoms with Crippen LogP contribution in [0.5, 0.6) is 0 Å². The minimum Gasteiger partial charge on any atom is -0.289 e. The Labute approximate surface area is 72.2 Å². The van der Waals surface area contributed by atoms with E-state index in [1.165, 1.54) is 11.3 Å². The minimum atomic E-state index is 0.783. The van der Waals surface area contributed by atoms with Gasteiger partial charge in [0.1, 0.15) is 6.33 Å². The van der Waals surface area contributed by atoms with E-state index < -0.39 is 0 Å². The Morgan fingerprint density at radius 1 is 1.42 bits per heavy atom. The third-order valence-corrected chi connectivity index (χ3v) is 2.39. The van der Waals surface area contributed by atoms with Gasteiger partial charge in [0.05, 0.1) is 11.9 Å². The van der Waals surface area contributed by atoms with Crippen molar-refractivity contribution in [2.75, 3.05) is 0 Å². The Bertz CT molecular complexity index is 411. The molecule has 4 nitrogen and oxygen atoms in total. The monoisotopic (exact) mass is 176 g/mol. The first-order valence-electron chi connectivity index (χ1n) is 3.46. The van der Waals surface area contributed by atoms with Crippen LogP contribution in [0.4, 0.5) is 5.13 Å². The van der Waals surface area contributed by atoms with E-state index in [1.54, 1.807) is 12.5 Å². The van der Waals surface area contributed by atoms with Crippen LogP contribution < -0.4 is 0 Å². The molecular formula is C7H4N4S. The molecule has 0 atom stereocenters. The molecule has 0 saturated heterocycles. The summed E-state index contributed by atoms with van der Waals surface area (Å²) < 4.78 is 1.89. The van der Waals surface area contributed by atoms with Gasteiger partial charge in [-0.05, 0) is 0 Å². The Kier molecular flexibility index (Phi) is 1.02. The van der Waals surface area contributed by atoms with Crippen LogP contribution in [0.15, 0.2) is 22.9 Å². The number of imidazole rings is 1. The highest BCUT2D eigenvalue weighted by Gasteiger charge is 2.06. The summed E-state index contributed by atoms with van der Waals surface area (Å²) in [5.41, 5.74) is 0.871. The molecule has 0 aliphatic carbocycles. The molecule has 3 rings (SSSR count). The van der Waals surface area contributed by atoms with E-state index in [0.29, 0.717) is 0 Å². The quantitative estimate of drug-likeness (QED) is 0.519. The van der Waals surface area contributed by atoms with Crippen molar-refractivity contribution in [1.29, 1.82) is 0 Å². The molecule has 0 amide bonds. The van der Waals surface area contributed by atoms with Crippen LogP contribution in [0, 0.1) is 0 Å². The molecule has 5 heteroatoms. The average Bonchev–Trinajstić information content (AvgIpc) is 2.71. The zero-order chi connectivity index (χ0) is 7.97. The average molecular weight is 176 g/mol. The van der Waals surface area contributed by atoms with Gasteiger partial charge in [0, 0.05) is 11.6 Å². The molecule has 2 aromatic rings. The van der Waals surface area contributed by atoms with Crippen LogP contribution in [0.2, 0.25) is 0 Å². The predicted octanol–water partition coefficient (Wildman–Crippen LogP) is 1.39. The fourth-order valence-corrected chi connectivity index (χ4v) is 1.73. The van der Waals surface area contributed by atoms with Crippen molar-refractivity contribution in [3.05, 3.63) is 23.6 Å². The maximum absolute atomic E-state index is 4.26. The van der Waals surface area contributed by atoms with E-state index >= 15 is 0 Å². The number of aliphatic imine (C=N–C) groups is 1. The molecule has 1 aliphatic heterocycles. The summed E-state index contributed by atoms with van der Waals surface area (Å²) in [7, 11) is 0. The van der Waals surface area contributed by atoms with Gasteiger partial charge in [-0.15, -0.1) is 11.3 Å². The minimum absolute atomic E-state index is 0.783. The van der Waals surface area contributed by atoms with Crippen LogP contribution in [0.3, 0.4) is 0 Å². The van der Waals surface area contributed by atoms with Crippen molar-refractivity contribution in [3.8, 4) is 5.82 Å². The molecule has 58 valence electrons. The lowest BCUT2D eigenvalue weighted by molar-refractivity contribution is 1.01. The summed E-state index contributed by atoms with van der Waals surface area (Å²) >= 11 is 1.53. The molecular weight excluding hydrogens is 172 g/mol. The first-order chi connectivity index (χ1) is 5.92. The molecule has 12 heavy (non-hydrogen) atoms. The highest BCUT2D eigenvalue weighted by atomic mass is 32.1. The molecule has 3 heterocycles. The third-order valence-electron chi connectivity index (χ3n) is 1.65. The smallest absolute Gasteiger partial charge is 0.211 e. The lowest BCUT2D eigenvalue weighted by Gasteiger charge is -1.93. The molecule has 0 saturated carbocycles. The molecule has 4 bridgehead atoms. The fourth-order valence-electron chi connectivity index (χ4n) is 1.09. The van der Waals surface area contributed by atoms with Gasteiger partial charge in [0.25, 0.3) is 0 Å². The van der Waals surface area contributed by atoms with Crippen molar-refractivity contribution < 1.29 is 0 Å². The number of fused-ring (bicyclic) bond motifs is 5. The zero-order valence-electron chi connectivity index (χ0n) is 6.01. The summed E-state index contributed by atoms with van der Waals surface area (Å²) in [6.07, 6.45) is 5.37. The Morgan fingerprint density at radius 3 is 3.42 bits per heavy atom. The van der Waals surface area contributed by atoms with Gasteiger partial charge in [-0.3, -0.25) is 4.57 Å². The van der Waals surface area contributed by atoms with Gasteiger partial charge in [-0.25, -0.2) is 15.0 Å². The summed E-state index contributed by atoms with van der Waals surface area (Å²) in [6, 6.07) is 0. The Morgan fingerprint density at radius 2 is 2.42 bits per heavy atom. The highest BCUT2D eigenvalue weighted by molar-refractivity contribution is 7.13. The van der Waals surface area contributed by atoms with Crippen molar-refractivity contribution >= 4 is 22.7 Å². The number of hydrogen-bond donors (Lipinski definition) is 0. The number of aromatic nitrogens is 3. The van der Waals surface area contributed by atoms with Gasteiger partial charge in [0.15, 0.2) is 5.82 Å². The van der Waals surface area contributed by atoms with Crippen molar-refractivity contribution in [3.63, 3.8) is 0 Å². The second-order valence-electron chi connectivity index (χ2n) is 2.45. The first-order valence-corrected chi connectivity index (χ1v) is 4.34. The molecule has 0 unspecified atom stereocenters. The van der Waals surface area contributed by atoms with Gasteiger partial charge in [-0.2, -0.15) is 0 Å². The van der Waals surface area contributed by atoms with Gasteiger partial charge in [-0.1, -0.05) is 0 Å². The molecule has 1 aliphatic rings. The molecule has 0 spiro atoms. The highest BCUT2D eigenvalue weighted by Crippen LogP contribution is 2.22. The molecule has 0 aromatic carbocycles. The summed E-state index contributed by atoms with van der Waals surface area (Å²) in [6.45, 7) is 0. The number of rotatable bonds is 0. The van der Waals surface area contributed by atoms with E-state index in [9.17, 15) is 0 Å². The zero-order valence-corrected chi connectivity index (χ0v) is 6.82. The van der Waals surface area contributed by atoms with Crippen molar-refractivity contribution in [2.45, 2.75) is 0 Å². The normalized spacial score (nSPS) is 15.3. The maximum Gasteiger partial charge on any atom is 0.211 e. The van der Waals surface area contributed by atoms with Crippen LogP contribution >= 0.6 is 11.3 Å². The number of hydrogen-bond acceptors (Lipinski definition) is 4. The molecule has 2 aromatic heterocycles. The summed E-state index contributed by atoms with van der Waals surface area (Å²) in [4.78, 5) is 12.5. The maximum atomic E-state index is 4.26. The predicted molar refractivity (Wildman–Crippen MR) is 46.5 cm³/mol. The van der Waals surface area contributed by atoms with E-state index in [-0.39, 0.29) is 0 Å². The van der Waals surface area contributed by atoms with E-state index in [0.717, 1.165) is 16.6 Å². The van der Waals surface area contributed by atoms with Crippen molar-refractivity contribution in [1.82, 2.24) is 14.5 Å². The Hall–Kier alpha value is -1.49. The van der Waals surface area contributed by atoms with Crippen LogP contribution in [-0.2, 0) is 0 Å². The molecule has 0 N–H and O–H groups in total. The summed E-state index contributed by atoms with van der Waals surface area (Å²) in [5.74, 6) is 0.894. The number of thiazole rings is 1. The van der Waals surface area contributed by atoms with Gasteiger partial charge < -0.3 is 0 Å². The van der Waals surface area contributed by atoms with E-state index in [4.69, 9.17) is 0 Å². The third kappa shape index (κ3) is 0.738. The first kappa shape index (κ1) is 6.07. The topological polar surface area (TPSA) is 43.1 Å². The lowest BCUT2D eigenvalue weighted by atomic mass is 10.5. The van der Waals surface area contributed by atoms with Crippen LogP contribution in [0.25, 0.3) is 5.82 Å². The van der Waals surface area contributed by atoms with Crippen LogP contribution in [0.1, 0.15) is 5.69 Å². The standard InChI is InChI=1S/C7H4N4S/c1-5-2-11(4-9-5)6-3-12-7(8-1)10-6/h1-4H/b8-1-. The number of nitrogens with zero attached hydrogens (tertiary/aromatic N) is 4. The lowest BCUT2D eigenvalue weighted by Crippen LogP contribution is -1.90. The SMILES string of the molecule is C1=N\c2nc(cs2)-n2cnc/1c2. The molecule has 0 fully saturated rings. The summed E-state index contributed by atoms with van der Waals surface area (Å²) in [5, 5.41) is 2.75. The van der Waals surface area contributed by atoms with Crippen LogP contribution in [-0.4, -0.2) is 20.7 Å². The largest absolute Gasteiger partial charge is 0.289 e. The Balaban J connectivity index is 2.40. The van der Waals surface area contributed by atoms with E-state index in [1.807, 2.05) is 16.1 Å². The van der Waals surface area contributed by atoms with Crippen molar-refractivity contribution in [2.24, 2.45) is 4.99 Å². The second kappa shape index (κ2) is 2.01. The van der Waals surface area contributed by atoms with E-state index in [2.05, 4.69) is 15.0 Å². The molecule has 0 radical (unpaired) electrons. The van der Waals surface area contributed by atoms with Gasteiger partial charge in [0.2, 0.25) is 5.13 Å². The fraction of sp³-hybridized carbons (Fsp3) is 0.